The first-order chi connectivity index (χ1) is 12.5. The molecule has 3 aromatic rings. The molecule has 0 radical (unpaired) electrons. The van der Waals surface area contributed by atoms with Gasteiger partial charge < -0.3 is 15.4 Å². The molecule has 0 saturated heterocycles. The fourth-order valence-electron chi connectivity index (χ4n) is 2.26. The lowest BCUT2D eigenvalue weighted by Gasteiger charge is -2.10. The van der Waals surface area contributed by atoms with Crippen molar-refractivity contribution in [3.63, 3.8) is 0 Å². The van der Waals surface area contributed by atoms with Crippen LogP contribution in [-0.2, 0) is 4.74 Å². The van der Waals surface area contributed by atoms with Gasteiger partial charge in [0.05, 0.1) is 12.7 Å². The molecule has 0 amide bonds. The summed E-state index contributed by atoms with van der Waals surface area (Å²) in [5.74, 6) is 0.708. The highest BCUT2D eigenvalue weighted by Gasteiger charge is 2.07. The molecule has 0 spiro atoms. The molecule has 26 heavy (non-hydrogen) atoms. The van der Waals surface area contributed by atoms with Crippen LogP contribution in [0, 0.1) is 0 Å². The molecule has 0 unspecified atom stereocenters. The van der Waals surface area contributed by atoms with Crippen molar-refractivity contribution in [2.45, 2.75) is 0 Å². The van der Waals surface area contributed by atoms with Gasteiger partial charge in [0, 0.05) is 27.5 Å². The Hall–Kier alpha value is -2.83. The van der Waals surface area contributed by atoms with E-state index in [4.69, 9.17) is 27.9 Å². The summed E-state index contributed by atoms with van der Waals surface area (Å²) in [6, 6.07) is 13.8. The van der Waals surface area contributed by atoms with Crippen molar-refractivity contribution in [1.82, 2.24) is 9.97 Å². The number of ether oxygens (including phenoxy) is 1. The number of aromatic nitrogens is 2. The van der Waals surface area contributed by atoms with Crippen LogP contribution in [0.15, 0.2) is 54.9 Å². The second-order valence-electron chi connectivity index (χ2n) is 5.27. The molecule has 6 nitrogen and oxygen atoms in total. The highest BCUT2D eigenvalue weighted by atomic mass is 35.5. The summed E-state index contributed by atoms with van der Waals surface area (Å²) >= 11 is 12.0. The number of benzene rings is 2. The van der Waals surface area contributed by atoms with E-state index in [1.54, 1.807) is 42.5 Å². The lowest BCUT2D eigenvalue weighted by Crippen LogP contribution is -2.02. The second-order valence-corrected chi connectivity index (χ2v) is 6.14. The van der Waals surface area contributed by atoms with E-state index in [-0.39, 0.29) is 0 Å². The normalized spacial score (nSPS) is 10.3. The summed E-state index contributed by atoms with van der Waals surface area (Å²) in [5, 5.41) is 7.28. The monoisotopic (exact) mass is 388 g/mol. The quantitative estimate of drug-likeness (QED) is 0.595. The average molecular weight is 389 g/mol. The zero-order valence-corrected chi connectivity index (χ0v) is 15.2. The number of nitrogens with one attached hydrogen (secondary N) is 2. The summed E-state index contributed by atoms with van der Waals surface area (Å²) < 4.78 is 4.72. The molecular formula is C18H14Cl2N4O2. The molecule has 1 heterocycles. The number of anilines is 4. The number of methoxy groups -OCH3 is 1. The standard InChI is InChI=1S/C18H14Cl2N4O2/c1-26-18(25)11-3-2-4-14(5-11)23-16-9-17(22-10-21-16)24-15-7-12(19)6-13(20)8-15/h2-10H,1H3,(H2,21,22,23,24). The Bertz CT molecular complexity index is 930. The van der Waals surface area contributed by atoms with Gasteiger partial charge in [0.15, 0.2) is 0 Å². The fourth-order valence-corrected chi connectivity index (χ4v) is 2.78. The maximum Gasteiger partial charge on any atom is 0.337 e. The minimum Gasteiger partial charge on any atom is -0.465 e. The van der Waals surface area contributed by atoms with Gasteiger partial charge in [-0.25, -0.2) is 14.8 Å². The van der Waals surface area contributed by atoms with Gasteiger partial charge in [-0.15, -0.1) is 0 Å². The first kappa shape index (κ1) is 18.0. The highest BCUT2D eigenvalue weighted by molar-refractivity contribution is 6.35. The summed E-state index contributed by atoms with van der Waals surface area (Å²) in [7, 11) is 1.34. The molecule has 0 aliphatic rings. The van der Waals surface area contributed by atoms with Crippen LogP contribution in [0.4, 0.5) is 23.0 Å². The number of carbonyl (C=O) groups excluding carboxylic acids is 1. The van der Waals surface area contributed by atoms with Crippen LogP contribution >= 0.6 is 23.2 Å². The molecule has 0 atom stereocenters. The van der Waals surface area contributed by atoms with Crippen molar-refractivity contribution in [1.29, 1.82) is 0 Å². The van der Waals surface area contributed by atoms with Gasteiger partial charge in [-0.1, -0.05) is 29.3 Å². The zero-order chi connectivity index (χ0) is 18.5. The number of hydrogen-bond acceptors (Lipinski definition) is 6. The Morgan fingerprint density at radius 3 is 2.23 bits per heavy atom. The third-order valence-corrected chi connectivity index (χ3v) is 3.79. The molecule has 1 aromatic heterocycles. The molecule has 8 heteroatoms. The third-order valence-electron chi connectivity index (χ3n) is 3.36. The smallest absolute Gasteiger partial charge is 0.337 e. The van der Waals surface area contributed by atoms with E-state index in [1.807, 2.05) is 6.07 Å². The molecule has 0 aliphatic carbocycles. The van der Waals surface area contributed by atoms with Gasteiger partial charge in [-0.05, 0) is 36.4 Å². The minimum atomic E-state index is -0.406. The van der Waals surface area contributed by atoms with Crippen LogP contribution in [0.2, 0.25) is 10.0 Å². The highest BCUT2D eigenvalue weighted by Crippen LogP contribution is 2.25. The van der Waals surface area contributed by atoms with E-state index < -0.39 is 5.97 Å². The van der Waals surface area contributed by atoms with Gasteiger partial charge in [-0.2, -0.15) is 0 Å². The van der Waals surface area contributed by atoms with Crippen molar-refractivity contribution in [3.05, 3.63) is 70.5 Å². The Kier molecular flexibility index (Phi) is 5.55. The molecule has 0 bridgehead atoms. The summed E-state index contributed by atoms with van der Waals surface area (Å²) in [6.45, 7) is 0. The number of rotatable bonds is 5. The first-order valence-electron chi connectivity index (χ1n) is 7.54. The molecule has 0 aliphatic heterocycles. The van der Waals surface area contributed by atoms with Crippen molar-refractivity contribution in [2.24, 2.45) is 0 Å². The van der Waals surface area contributed by atoms with Crippen LogP contribution in [-0.4, -0.2) is 23.0 Å². The van der Waals surface area contributed by atoms with Gasteiger partial charge >= 0.3 is 5.97 Å². The molecule has 3 rings (SSSR count). The van der Waals surface area contributed by atoms with Crippen molar-refractivity contribution < 1.29 is 9.53 Å². The minimum absolute atomic E-state index is 0.406. The Morgan fingerprint density at radius 2 is 1.58 bits per heavy atom. The second kappa shape index (κ2) is 8.03. The van der Waals surface area contributed by atoms with E-state index in [9.17, 15) is 4.79 Å². The van der Waals surface area contributed by atoms with Gasteiger partial charge in [0.2, 0.25) is 0 Å². The Morgan fingerprint density at radius 1 is 0.923 bits per heavy atom. The lowest BCUT2D eigenvalue weighted by molar-refractivity contribution is 0.0601. The van der Waals surface area contributed by atoms with Crippen LogP contribution in [0.25, 0.3) is 0 Å². The zero-order valence-electron chi connectivity index (χ0n) is 13.7. The number of nitrogens with zero attached hydrogens (tertiary/aromatic N) is 2. The number of hydrogen-bond donors (Lipinski definition) is 2. The predicted octanol–water partition coefficient (Wildman–Crippen LogP) is 5.06. The molecule has 0 saturated carbocycles. The molecule has 2 N–H and O–H groups in total. The molecule has 0 fully saturated rings. The number of carbonyl (C=O) groups is 1. The topological polar surface area (TPSA) is 76.1 Å². The first-order valence-corrected chi connectivity index (χ1v) is 8.29. The summed E-state index contributed by atoms with van der Waals surface area (Å²) in [4.78, 5) is 20.0. The number of halogens is 2. The molecule has 132 valence electrons. The van der Waals surface area contributed by atoms with E-state index in [2.05, 4.69) is 20.6 Å². The van der Waals surface area contributed by atoms with E-state index in [1.165, 1.54) is 13.4 Å². The summed E-state index contributed by atoms with van der Waals surface area (Å²) in [6.07, 6.45) is 1.42. The maximum absolute atomic E-state index is 11.6. The fraction of sp³-hybridized carbons (Fsp3) is 0.0556. The Labute approximate surface area is 160 Å². The van der Waals surface area contributed by atoms with Crippen LogP contribution < -0.4 is 10.6 Å². The van der Waals surface area contributed by atoms with Crippen molar-refractivity contribution in [3.8, 4) is 0 Å². The van der Waals surface area contributed by atoms with Crippen molar-refractivity contribution in [2.75, 3.05) is 17.7 Å². The summed E-state index contributed by atoms with van der Waals surface area (Å²) in [5.41, 5.74) is 1.85. The average Bonchev–Trinajstić information content (AvgIpc) is 2.60. The largest absolute Gasteiger partial charge is 0.465 e. The maximum atomic E-state index is 11.6. The SMILES string of the molecule is COC(=O)c1cccc(Nc2cc(Nc3cc(Cl)cc(Cl)c3)ncn2)c1. The number of esters is 1. The van der Waals surface area contributed by atoms with E-state index in [0.29, 0.717) is 38.6 Å². The lowest BCUT2D eigenvalue weighted by atomic mass is 10.2. The van der Waals surface area contributed by atoms with Crippen molar-refractivity contribution >= 4 is 52.2 Å². The van der Waals surface area contributed by atoms with Crippen LogP contribution in [0.5, 0.6) is 0 Å². The molecule has 2 aromatic carbocycles. The van der Waals surface area contributed by atoms with E-state index in [0.717, 1.165) is 0 Å². The van der Waals surface area contributed by atoms with E-state index >= 15 is 0 Å². The van der Waals surface area contributed by atoms with Gasteiger partial charge in [0.25, 0.3) is 0 Å². The van der Waals surface area contributed by atoms with Gasteiger partial charge in [-0.3, -0.25) is 0 Å². The van der Waals surface area contributed by atoms with Crippen LogP contribution in [0.3, 0.4) is 0 Å². The Balaban J connectivity index is 1.78. The third kappa shape index (κ3) is 4.62. The van der Waals surface area contributed by atoms with Crippen LogP contribution in [0.1, 0.15) is 10.4 Å². The predicted molar refractivity (Wildman–Crippen MR) is 103 cm³/mol. The van der Waals surface area contributed by atoms with Gasteiger partial charge in [0.1, 0.15) is 18.0 Å². The molecular weight excluding hydrogens is 375 g/mol.